The molecule has 0 spiro atoms. The highest BCUT2D eigenvalue weighted by Crippen LogP contribution is 2.20. The van der Waals surface area contributed by atoms with E-state index in [9.17, 15) is 4.79 Å². The number of aliphatic hydroxyl groups excluding tert-OH is 1. The van der Waals surface area contributed by atoms with Gasteiger partial charge in [0.2, 0.25) is 0 Å². The topological polar surface area (TPSA) is 53.4 Å². The number of nitrogens with zero attached hydrogens (tertiary/aromatic N) is 2. The molecule has 4 nitrogen and oxygen atoms in total. The summed E-state index contributed by atoms with van der Waals surface area (Å²) in [7, 11) is 0. The first-order valence-electron chi connectivity index (χ1n) is 7.08. The maximum atomic E-state index is 12.5. The van der Waals surface area contributed by atoms with Gasteiger partial charge in [-0.05, 0) is 24.8 Å². The van der Waals surface area contributed by atoms with Crippen LogP contribution < -0.4 is 0 Å². The van der Waals surface area contributed by atoms with Crippen molar-refractivity contribution >= 4 is 5.91 Å². The fourth-order valence-corrected chi connectivity index (χ4v) is 2.53. The van der Waals surface area contributed by atoms with E-state index < -0.39 is 0 Å². The van der Waals surface area contributed by atoms with Crippen molar-refractivity contribution in [1.29, 1.82) is 0 Å². The van der Waals surface area contributed by atoms with E-state index in [4.69, 9.17) is 5.11 Å². The van der Waals surface area contributed by atoms with E-state index in [1.807, 2.05) is 4.90 Å². The number of hydrogen-bond acceptors (Lipinski definition) is 3. The molecule has 1 aliphatic rings. The average Bonchev–Trinajstić information content (AvgIpc) is 2.52. The van der Waals surface area contributed by atoms with Crippen molar-refractivity contribution < 1.29 is 9.90 Å². The Morgan fingerprint density at radius 3 is 3.15 bits per heavy atom. The number of pyridine rings is 1. The van der Waals surface area contributed by atoms with Crippen LogP contribution in [-0.2, 0) is 0 Å². The van der Waals surface area contributed by atoms with Gasteiger partial charge in [-0.3, -0.25) is 9.78 Å². The lowest BCUT2D eigenvalue weighted by atomic mass is 9.95. The summed E-state index contributed by atoms with van der Waals surface area (Å²) in [6, 6.07) is 1.74. The van der Waals surface area contributed by atoms with Crippen LogP contribution >= 0.6 is 0 Å². The molecule has 1 atom stereocenters. The molecule has 1 amide bonds. The Labute approximate surface area is 119 Å². The number of piperidine rings is 1. The number of aromatic nitrogens is 1. The first-order valence-corrected chi connectivity index (χ1v) is 7.08. The molecule has 0 aromatic carbocycles. The molecule has 1 saturated heterocycles. The van der Waals surface area contributed by atoms with Gasteiger partial charge in [0, 0.05) is 31.0 Å². The SMILES string of the molecule is CCC1CCCN(C(=O)c2cncc(C#CCO)c2)C1. The molecular formula is C16H20N2O2. The molecule has 0 saturated carbocycles. The van der Waals surface area contributed by atoms with Gasteiger partial charge in [-0.1, -0.05) is 25.2 Å². The van der Waals surface area contributed by atoms with Crippen molar-refractivity contribution in [2.45, 2.75) is 26.2 Å². The van der Waals surface area contributed by atoms with Crippen LogP contribution in [0.2, 0.25) is 0 Å². The van der Waals surface area contributed by atoms with E-state index >= 15 is 0 Å². The highest BCUT2D eigenvalue weighted by atomic mass is 16.2. The predicted octanol–water partition coefficient (Wildman–Crippen LogP) is 1.69. The first kappa shape index (κ1) is 14.5. The van der Waals surface area contributed by atoms with Gasteiger partial charge in [0.05, 0.1) is 5.56 Å². The van der Waals surface area contributed by atoms with Crippen molar-refractivity contribution in [3.63, 3.8) is 0 Å². The predicted molar refractivity (Wildman–Crippen MR) is 77.1 cm³/mol. The molecule has 1 aromatic heterocycles. The van der Waals surface area contributed by atoms with Gasteiger partial charge < -0.3 is 10.0 Å². The lowest BCUT2D eigenvalue weighted by molar-refractivity contribution is 0.0670. The zero-order chi connectivity index (χ0) is 14.4. The quantitative estimate of drug-likeness (QED) is 0.834. The number of carbonyl (C=O) groups excluding carboxylic acids is 1. The van der Waals surface area contributed by atoms with Crippen molar-refractivity contribution in [2.24, 2.45) is 5.92 Å². The third-order valence-electron chi connectivity index (χ3n) is 3.68. The van der Waals surface area contributed by atoms with Crippen LogP contribution in [-0.4, -0.2) is 40.6 Å². The van der Waals surface area contributed by atoms with Gasteiger partial charge in [-0.25, -0.2) is 0 Å². The van der Waals surface area contributed by atoms with Crippen LogP contribution in [0.5, 0.6) is 0 Å². The summed E-state index contributed by atoms with van der Waals surface area (Å²) in [6.45, 7) is 3.64. The zero-order valence-corrected chi connectivity index (χ0v) is 11.8. The molecule has 2 heterocycles. The molecule has 2 rings (SSSR count). The Morgan fingerprint density at radius 2 is 2.40 bits per heavy atom. The summed E-state index contributed by atoms with van der Waals surface area (Å²) in [6.07, 6.45) is 6.58. The summed E-state index contributed by atoms with van der Waals surface area (Å²) in [5, 5.41) is 8.70. The monoisotopic (exact) mass is 272 g/mol. The number of carbonyl (C=O) groups is 1. The van der Waals surface area contributed by atoms with E-state index in [-0.39, 0.29) is 12.5 Å². The van der Waals surface area contributed by atoms with Gasteiger partial charge in [0.1, 0.15) is 6.61 Å². The lowest BCUT2D eigenvalue weighted by Crippen LogP contribution is -2.39. The molecule has 20 heavy (non-hydrogen) atoms. The lowest BCUT2D eigenvalue weighted by Gasteiger charge is -2.32. The second kappa shape index (κ2) is 7.06. The minimum atomic E-state index is -0.192. The van der Waals surface area contributed by atoms with Crippen molar-refractivity contribution in [1.82, 2.24) is 9.88 Å². The van der Waals surface area contributed by atoms with E-state index in [0.29, 0.717) is 17.0 Å². The number of likely N-dealkylation sites (tertiary alicyclic amines) is 1. The third-order valence-corrected chi connectivity index (χ3v) is 3.68. The molecule has 0 aliphatic carbocycles. The van der Waals surface area contributed by atoms with Crippen molar-refractivity contribution in [3.05, 3.63) is 29.6 Å². The number of rotatable bonds is 2. The summed E-state index contributed by atoms with van der Waals surface area (Å²) >= 11 is 0. The fraction of sp³-hybridized carbons (Fsp3) is 0.500. The third kappa shape index (κ3) is 3.58. The average molecular weight is 272 g/mol. The molecule has 1 unspecified atom stereocenters. The van der Waals surface area contributed by atoms with Crippen LogP contribution in [0.15, 0.2) is 18.5 Å². The maximum Gasteiger partial charge on any atom is 0.255 e. The molecular weight excluding hydrogens is 252 g/mol. The van der Waals surface area contributed by atoms with E-state index in [2.05, 4.69) is 23.7 Å². The highest BCUT2D eigenvalue weighted by Gasteiger charge is 2.23. The Bertz CT molecular complexity index is 531. The largest absolute Gasteiger partial charge is 0.384 e. The van der Waals surface area contributed by atoms with Crippen LogP contribution in [0, 0.1) is 17.8 Å². The summed E-state index contributed by atoms with van der Waals surface area (Å²) in [5.74, 6) is 5.99. The summed E-state index contributed by atoms with van der Waals surface area (Å²) in [5.41, 5.74) is 1.24. The molecule has 106 valence electrons. The normalized spacial score (nSPS) is 18.3. The van der Waals surface area contributed by atoms with Gasteiger partial charge in [0.25, 0.3) is 5.91 Å². The Kier molecular flexibility index (Phi) is 5.14. The standard InChI is InChI=1S/C16H20N2O2/c1-2-13-5-3-7-18(12-13)16(20)15-9-14(6-4-8-19)10-17-11-15/h9-11,13,19H,2-3,5,7-8,12H2,1H3. The van der Waals surface area contributed by atoms with E-state index in [1.165, 1.54) is 6.42 Å². The minimum absolute atomic E-state index is 0.0308. The van der Waals surface area contributed by atoms with Crippen LogP contribution in [0.3, 0.4) is 0 Å². The molecule has 0 bridgehead atoms. The van der Waals surface area contributed by atoms with Crippen LogP contribution in [0.25, 0.3) is 0 Å². The zero-order valence-electron chi connectivity index (χ0n) is 11.8. The molecule has 4 heteroatoms. The minimum Gasteiger partial charge on any atom is -0.384 e. The number of hydrogen-bond donors (Lipinski definition) is 1. The van der Waals surface area contributed by atoms with E-state index in [0.717, 1.165) is 25.9 Å². The summed E-state index contributed by atoms with van der Waals surface area (Å²) < 4.78 is 0. The Hall–Kier alpha value is -1.86. The van der Waals surface area contributed by atoms with Gasteiger partial charge in [0.15, 0.2) is 0 Å². The van der Waals surface area contributed by atoms with Crippen molar-refractivity contribution in [2.75, 3.05) is 19.7 Å². The van der Waals surface area contributed by atoms with Gasteiger partial charge >= 0.3 is 0 Å². The molecule has 1 aromatic rings. The maximum absolute atomic E-state index is 12.5. The highest BCUT2D eigenvalue weighted by molar-refractivity contribution is 5.94. The van der Waals surface area contributed by atoms with Crippen LogP contribution in [0.4, 0.5) is 0 Å². The van der Waals surface area contributed by atoms with Gasteiger partial charge in [-0.15, -0.1) is 0 Å². The second-order valence-corrected chi connectivity index (χ2v) is 5.09. The Balaban J connectivity index is 2.12. The molecule has 1 aliphatic heterocycles. The smallest absolute Gasteiger partial charge is 0.255 e. The number of aliphatic hydroxyl groups is 1. The summed E-state index contributed by atoms with van der Waals surface area (Å²) in [4.78, 5) is 18.5. The van der Waals surface area contributed by atoms with E-state index in [1.54, 1.807) is 18.5 Å². The van der Waals surface area contributed by atoms with Crippen LogP contribution in [0.1, 0.15) is 42.1 Å². The van der Waals surface area contributed by atoms with Gasteiger partial charge in [-0.2, -0.15) is 0 Å². The number of amides is 1. The fourth-order valence-electron chi connectivity index (χ4n) is 2.53. The van der Waals surface area contributed by atoms with Crippen molar-refractivity contribution in [3.8, 4) is 11.8 Å². The molecule has 0 radical (unpaired) electrons. The second-order valence-electron chi connectivity index (χ2n) is 5.09. The first-order chi connectivity index (χ1) is 9.74. The molecule has 1 N–H and O–H groups in total. The molecule has 1 fully saturated rings. The Morgan fingerprint density at radius 1 is 1.55 bits per heavy atom.